The minimum absolute atomic E-state index is 0.314. The van der Waals surface area contributed by atoms with Gasteiger partial charge in [-0.25, -0.2) is 0 Å². The molecule has 1 aromatic carbocycles. The minimum Gasteiger partial charge on any atom is -0.493 e. The van der Waals surface area contributed by atoms with Gasteiger partial charge in [0.25, 0.3) is 0 Å². The summed E-state index contributed by atoms with van der Waals surface area (Å²) in [4.78, 5) is 0. The summed E-state index contributed by atoms with van der Waals surface area (Å²) in [6.07, 6.45) is 0. The Hall–Kier alpha value is -2.04. The molecule has 0 aliphatic heterocycles. The standard InChI is InChI=1S/C12H14O5/c1-13-8-6-5-7-9(10(8)14-2)11(15-3)12(16-4)17-7/h5-6H,1-4H3. The lowest BCUT2D eigenvalue weighted by molar-refractivity contribution is 0.287. The number of hydrogen-bond donors (Lipinski definition) is 0. The molecule has 0 aliphatic carbocycles. The lowest BCUT2D eigenvalue weighted by Gasteiger charge is -2.08. The molecule has 0 unspecified atom stereocenters. The lowest BCUT2D eigenvalue weighted by atomic mass is 10.2. The molecule has 0 spiro atoms. The molecular weight excluding hydrogens is 224 g/mol. The second kappa shape index (κ2) is 4.45. The van der Waals surface area contributed by atoms with Gasteiger partial charge in [-0.3, -0.25) is 0 Å². The molecule has 1 aromatic heterocycles. The van der Waals surface area contributed by atoms with Crippen molar-refractivity contribution in [3.8, 4) is 23.2 Å². The normalized spacial score (nSPS) is 10.4. The molecule has 5 heteroatoms. The van der Waals surface area contributed by atoms with Crippen molar-refractivity contribution in [2.45, 2.75) is 0 Å². The lowest BCUT2D eigenvalue weighted by Crippen LogP contribution is -1.92. The van der Waals surface area contributed by atoms with E-state index in [4.69, 9.17) is 23.4 Å². The Morgan fingerprint density at radius 1 is 0.824 bits per heavy atom. The van der Waals surface area contributed by atoms with Crippen molar-refractivity contribution in [2.24, 2.45) is 0 Å². The molecule has 0 saturated carbocycles. The van der Waals surface area contributed by atoms with Gasteiger partial charge in [0.05, 0.1) is 28.4 Å². The van der Waals surface area contributed by atoms with Crippen LogP contribution >= 0.6 is 0 Å². The van der Waals surface area contributed by atoms with Crippen LogP contribution < -0.4 is 18.9 Å². The quantitative estimate of drug-likeness (QED) is 0.818. The predicted molar refractivity (Wildman–Crippen MR) is 62.4 cm³/mol. The average Bonchev–Trinajstić information content (AvgIpc) is 2.74. The van der Waals surface area contributed by atoms with E-state index in [-0.39, 0.29) is 0 Å². The van der Waals surface area contributed by atoms with E-state index in [9.17, 15) is 0 Å². The topological polar surface area (TPSA) is 50.1 Å². The summed E-state index contributed by atoms with van der Waals surface area (Å²) in [6.45, 7) is 0. The fraction of sp³-hybridized carbons (Fsp3) is 0.333. The van der Waals surface area contributed by atoms with Crippen LogP contribution in [0, 0.1) is 0 Å². The zero-order valence-electron chi connectivity index (χ0n) is 10.2. The van der Waals surface area contributed by atoms with Crippen LogP contribution in [0.2, 0.25) is 0 Å². The smallest absolute Gasteiger partial charge is 0.329 e. The Morgan fingerprint density at radius 2 is 1.53 bits per heavy atom. The van der Waals surface area contributed by atoms with Gasteiger partial charge in [-0.1, -0.05) is 0 Å². The van der Waals surface area contributed by atoms with Crippen molar-refractivity contribution in [1.82, 2.24) is 0 Å². The van der Waals surface area contributed by atoms with Crippen LogP contribution in [-0.2, 0) is 0 Å². The van der Waals surface area contributed by atoms with E-state index < -0.39 is 0 Å². The van der Waals surface area contributed by atoms with Gasteiger partial charge in [-0.15, -0.1) is 0 Å². The first-order chi connectivity index (χ1) is 8.26. The number of fused-ring (bicyclic) bond motifs is 1. The Kier molecular flexibility index (Phi) is 2.99. The highest BCUT2D eigenvalue weighted by Crippen LogP contribution is 2.47. The van der Waals surface area contributed by atoms with Crippen molar-refractivity contribution in [2.75, 3.05) is 28.4 Å². The Labute approximate surface area is 98.8 Å². The molecule has 1 heterocycles. The predicted octanol–water partition coefficient (Wildman–Crippen LogP) is 2.47. The van der Waals surface area contributed by atoms with Gasteiger partial charge in [-0.2, -0.15) is 0 Å². The molecular formula is C12H14O5. The SMILES string of the molecule is COc1ccc2oc(OC)c(OC)c2c1OC. The van der Waals surface area contributed by atoms with Crippen LogP contribution in [0.25, 0.3) is 11.0 Å². The van der Waals surface area contributed by atoms with Crippen molar-refractivity contribution < 1.29 is 23.4 Å². The molecule has 0 saturated heterocycles. The molecule has 17 heavy (non-hydrogen) atoms. The average molecular weight is 238 g/mol. The summed E-state index contributed by atoms with van der Waals surface area (Å²) in [7, 11) is 6.21. The van der Waals surface area contributed by atoms with Gasteiger partial charge >= 0.3 is 5.95 Å². The fourth-order valence-corrected chi connectivity index (χ4v) is 1.78. The molecule has 92 valence electrons. The van der Waals surface area contributed by atoms with Crippen LogP contribution in [0.5, 0.6) is 23.2 Å². The van der Waals surface area contributed by atoms with Crippen molar-refractivity contribution in [3.05, 3.63) is 12.1 Å². The second-order valence-corrected chi connectivity index (χ2v) is 3.30. The van der Waals surface area contributed by atoms with E-state index >= 15 is 0 Å². The molecule has 0 bridgehead atoms. The van der Waals surface area contributed by atoms with Gasteiger partial charge in [0.2, 0.25) is 5.75 Å². The zero-order chi connectivity index (χ0) is 12.4. The minimum atomic E-state index is 0.314. The first kappa shape index (κ1) is 11.4. The molecule has 0 fully saturated rings. The molecule has 2 rings (SSSR count). The Balaban J connectivity index is 2.81. The maximum Gasteiger partial charge on any atom is 0.329 e. The van der Waals surface area contributed by atoms with Crippen LogP contribution in [-0.4, -0.2) is 28.4 Å². The molecule has 0 atom stereocenters. The highest BCUT2D eigenvalue weighted by atomic mass is 16.6. The molecule has 0 N–H and O–H groups in total. The third-order valence-corrected chi connectivity index (χ3v) is 2.51. The third kappa shape index (κ3) is 1.63. The number of hydrogen-bond acceptors (Lipinski definition) is 5. The Morgan fingerprint density at radius 3 is 2.06 bits per heavy atom. The highest BCUT2D eigenvalue weighted by molar-refractivity contribution is 5.94. The van der Waals surface area contributed by atoms with Crippen molar-refractivity contribution >= 4 is 11.0 Å². The van der Waals surface area contributed by atoms with E-state index in [0.717, 1.165) is 0 Å². The van der Waals surface area contributed by atoms with Crippen LogP contribution in [0.1, 0.15) is 0 Å². The third-order valence-electron chi connectivity index (χ3n) is 2.51. The molecule has 0 amide bonds. The van der Waals surface area contributed by atoms with E-state index in [1.54, 1.807) is 33.5 Å². The van der Waals surface area contributed by atoms with Crippen LogP contribution in [0.15, 0.2) is 16.5 Å². The largest absolute Gasteiger partial charge is 0.493 e. The molecule has 0 radical (unpaired) electrons. The summed E-state index contributed by atoms with van der Waals surface area (Å²) in [5.74, 6) is 1.99. The fourth-order valence-electron chi connectivity index (χ4n) is 1.78. The van der Waals surface area contributed by atoms with E-state index in [0.29, 0.717) is 34.2 Å². The summed E-state index contributed by atoms with van der Waals surface area (Å²) in [5.41, 5.74) is 0.622. The van der Waals surface area contributed by atoms with E-state index in [1.165, 1.54) is 7.11 Å². The number of methoxy groups -OCH3 is 4. The van der Waals surface area contributed by atoms with Crippen LogP contribution in [0.4, 0.5) is 0 Å². The highest BCUT2D eigenvalue weighted by Gasteiger charge is 2.22. The number of ether oxygens (including phenoxy) is 4. The van der Waals surface area contributed by atoms with E-state index in [1.807, 2.05) is 0 Å². The summed E-state index contributed by atoms with van der Waals surface area (Å²) >= 11 is 0. The summed E-state index contributed by atoms with van der Waals surface area (Å²) in [6, 6.07) is 3.55. The van der Waals surface area contributed by atoms with Crippen LogP contribution in [0.3, 0.4) is 0 Å². The molecule has 2 aromatic rings. The summed E-state index contributed by atoms with van der Waals surface area (Å²) < 4.78 is 26.4. The van der Waals surface area contributed by atoms with E-state index in [2.05, 4.69) is 0 Å². The first-order valence-electron chi connectivity index (χ1n) is 5.02. The first-order valence-corrected chi connectivity index (χ1v) is 5.02. The molecule has 0 aliphatic rings. The number of furan rings is 1. The van der Waals surface area contributed by atoms with Gasteiger partial charge in [0.1, 0.15) is 11.0 Å². The van der Waals surface area contributed by atoms with Gasteiger partial charge in [-0.05, 0) is 12.1 Å². The monoisotopic (exact) mass is 238 g/mol. The second-order valence-electron chi connectivity index (χ2n) is 3.30. The molecule has 5 nitrogen and oxygen atoms in total. The van der Waals surface area contributed by atoms with Gasteiger partial charge < -0.3 is 23.4 Å². The van der Waals surface area contributed by atoms with Crippen molar-refractivity contribution in [3.63, 3.8) is 0 Å². The maximum atomic E-state index is 5.50. The number of benzene rings is 1. The van der Waals surface area contributed by atoms with Gasteiger partial charge in [0.15, 0.2) is 11.5 Å². The Bertz CT molecular complexity index is 527. The zero-order valence-corrected chi connectivity index (χ0v) is 10.2. The van der Waals surface area contributed by atoms with Gasteiger partial charge in [0, 0.05) is 0 Å². The maximum absolute atomic E-state index is 5.50. The van der Waals surface area contributed by atoms with Crippen molar-refractivity contribution in [1.29, 1.82) is 0 Å². The number of rotatable bonds is 4. The summed E-state index contributed by atoms with van der Waals surface area (Å²) in [5, 5.41) is 0.700.